The maximum atomic E-state index is 12.1. The summed E-state index contributed by atoms with van der Waals surface area (Å²) in [4.78, 5) is 16.3. The summed E-state index contributed by atoms with van der Waals surface area (Å²) in [5.74, 6) is 0.884. The predicted molar refractivity (Wildman–Crippen MR) is 62.8 cm³/mol. The second-order valence-electron chi connectivity index (χ2n) is 4.50. The van der Waals surface area contributed by atoms with E-state index in [1.165, 1.54) is 0 Å². The average Bonchev–Trinajstić information content (AvgIpc) is 2.78. The van der Waals surface area contributed by atoms with E-state index in [0.29, 0.717) is 24.7 Å². The summed E-state index contributed by atoms with van der Waals surface area (Å²) in [7, 11) is 0. The molecule has 0 saturated heterocycles. The second-order valence-corrected chi connectivity index (χ2v) is 4.50. The van der Waals surface area contributed by atoms with Gasteiger partial charge in [-0.25, -0.2) is 0 Å². The van der Waals surface area contributed by atoms with Crippen molar-refractivity contribution < 1.29 is 4.79 Å². The molecule has 2 N–H and O–H groups in total. The Labute approximate surface area is 96.1 Å². The van der Waals surface area contributed by atoms with Gasteiger partial charge in [0.2, 0.25) is 0 Å². The van der Waals surface area contributed by atoms with E-state index < -0.39 is 0 Å². The van der Waals surface area contributed by atoms with Gasteiger partial charge < -0.3 is 5.73 Å². The predicted octanol–water partition coefficient (Wildman–Crippen LogP) is 1.57. The number of hydrogen-bond donors (Lipinski definition) is 1. The lowest BCUT2D eigenvalue weighted by Crippen LogP contribution is -2.26. The smallest absolute Gasteiger partial charge is 0.142 e. The molecule has 3 heteroatoms. The highest BCUT2D eigenvalue weighted by Crippen LogP contribution is 2.32. The van der Waals surface area contributed by atoms with Crippen LogP contribution in [0.5, 0.6) is 0 Å². The van der Waals surface area contributed by atoms with E-state index in [2.05, 4.69) is 4.98 Å². The number of nitrogens with zero attached hydrogens (tertiary/aromatic N) is 1. The largest absolute Gasteiger partial charge is 0.330 e. The summed E-state index contributed by atoms with van der Waals surface area (Å²) < 4.78 is 0. The van der Waals surface area contributed by atoms with Crippen LogP contribution in [0.15, 0.2) is 24.4 Å². The van der Waals surface area contributed by atoms with Crippen LogP contribution in [-0.4, -0.2) is 17.3 Å². The van der Waals surface area contributed by atoms with Gasteiger partial charge in [-0.05, 0) is 37.4 Å². The van der Waals surface area contributed by atoms with Crippen LogP contribution < -0.4 is 5.73 Å². The minimum Gasteiger partial charge on any atom is -0.330 e. The molecule has 2 rings (SSSR count). The van der Waals surface area contributed by atoms with Crippen molar-refractivity contribution >= 4 is 5.78 Å². The third-order valence-corrected chi connectivity index (χ3v) is 3.46. The first-order valence-corrected chi connectivity index (χ1v) is 5.94. The Morgan fingerprint density at radius 3 is 3.00 bits per heavy atom. The molecular formula is C13H18N2O. The molecule has 1 aliphatic rings. The second kappa shape index (κ2) is 5.21. The highest BCUT2D eigenvalue weighted by molar-refractivity contribution is 5.83. The van der Waals surface area contributed by atoms with Crippen molar-refractivity contribution in [2.45, 2.75) is 25.7 Å². The molecule has 1 fully saturated rings. The Morgan fingerprint density at radius 1 is 1.44 bits per heavy atom. The molecule has 2 atom stereocenters. The number of carbonyl (C=O) groups excluding carboxylic acids is 1. The summed E-state index contributed by atoms with van der Waals surface area (Å²) in [6.07, 6.45) is 5.45. The topological polar surface area (TPSA) is 56.0 Å². The van der Waals surface area contributed by atoms with E-state index in [4.69, 9.17) is 5.73 Å². The molecule has 0 amide bonds. The molecule has 1 aromatic rings. The lowest BCUT2D eigenvalue weighted by atomic mass is 9.90. The van der Waals surface area contributed by atoms with Gasteiger partial charge in [0.05, 0.1) is 0 Å². The van der Waals surface area contributed by atoms with Crippen LogP contribution in [0.4, 0.5) is 0 Å². The maximum Gasteiger partial charge on any atom is 0.142 e. The van der Waals surface area contributed by atoms with Gasteiger partial charge >= 0.3 is 0 Å². The zero-order valence-electron chi connectivity index (χ0n) is 9.43. The first kappa shape index (κ1) is 11.3. The van der Waals surface area contributed by atoms with Crippen molar-refractivity contribution in [3.63, 3.8) is 0 Å². The third-order valence-electron chi connectivity index (χ3n) is 3.46. The monoisotopic (exact) mass is 218 g/mol. The number of Topliss-reactive ketones (excluding diaryl/α,β-unsaturated/α-hetero) is 1. The first-order valence-electron chi connectivity index (χ1n) is 5.94. The van der Waals surface area contributed by atoms with Crippen LogP contribution in [0, 0.1) is 11.8 Å². The molecule has 1 saturated carbocycles. The number of aromatic nitrogens is 1. The zero-order chi connectivity index (χ0) is 11.4. The van der Waals surface area contributed by atoms with Crippen molar-refractivity contribution in [2.24, 2.45) is 17.6 Å². The summed E-state index contributed by atoms with van der Waals surface area (Å²) in [5, 5.41) is 0. The van der Waals surface area contributed by atoms with Crippen molar-refractivity contribution in [3.05, 3.63) is 30.1 Å². The van der Waals surface area contributed by atoms with Gasteiger partial charge in [0.15, 0.2) is 0 Å². The normalized spacial score (nSPS) is 24.6. The Bertz CT molecular complexity index is 350. The summed E-state index contributed by atoms with van der Waals surface area (Å²) in [6, 6.07) is 5.70. The highest BCUT2D eigenvalue weighted by Gasteiger charge is 2.31. The minimum atomic E-state index is 0.173. The van der Waals surface area contributed by atoms with Crippen molar-refractivity contribution in [3.8, 4) is 0 Å². The number of pyridine rings is 1. The number of hydrogen-bond acceptors (Lipinski definition) is 3. The van der Waals surface area contributed by atoms with Crippen LogP contribution in [0.25, 0.3) is 0 Å². The van der Waals surface area contributed by atoms with Crippen LogP contribution in [0.3, 0.4) is 0 Å². The SMILES string of the molecule is NCC1CCCC1C(=O)Cc1ccccn1. The van der Waals surface area contributed by atoms with Gasteiger partial charge in [-0.1, -0.05) is 12.5 Å². The Hall–Kier alpha value is -1.22. The summed E-state index contributed by atoms with van der Waals surface area (Å²) >= 11 is 0. The number of rotatable bonds is 4. The first-order chi connectivity index (χ1) is 7.81. The average molecular weight is 218 g/mol. The van der Waals surface area contributed by atoms with Crippen molar-refractivity contribution in [1.82, 2.24) is 4.98 Å². The van der Waals surface area contributed by atoms with Crippen LogP contribution in [0.2, 0.25) is 0 Å². The molecule has 16 heavy (non-hydrogen) atoms. The molecule has 0 radical (unpaired) electrons. The van der Waals surface area contributed by atoms with E-state index in [1.807, 2.05) is 18.2 Å². The highest BCUT2D eigenvalue weighted by atomic mass is 16.1. The lowest BCUT2D eigenvalue weighted by molar-refractivity contribution is -0.123. The molecular weight excluding hydrogens is 200 g/mol. The minimum absolute atomic E-state index is 0.173. The Balaban J connectivity index is 1.98. The van der Waals surface area contributed by atoms with E-state index in [0.717, 1.165) is 25.0 Å². The molecule has 1 aromatic heterocycles. The standard InChI is InChI=1S/C13H18N2O/c14-9-10-4-3-6-12(10)13(16)8-11-5-1-2-7-15-11/h1-2,5,7,10,12H,3-4,6,8-9,14H2. The van der Waals surface area contributed by atoms with Gasteiger partial charge in [-0.2, -0.15) is 0 Å². The number of ketones is 1. The Morgan fingerprint density at radius 2 is 2.31 bits per heavy atom. The fraction of sp³-hybridized carbons (Fsp3) is 0.538. The molecule has 2 unspecified atom stereocenters. The van der Waals surface area contributed by atoms with Crippen molar-refractivity contribution in [2.75, 3.05) is 6.54 Å². The third kappa shape index (κ3) is 2.47. The van der Waals surface area contributed by atoms with Gasteiger partial charge in [0.25, 0.3) is 0 Å². The van der Waals surface area contributed by atoms with Crippen LogP contribution >= 0.6 is 0 Å². The van der Waals surface area contributed by atoms with Gasteiger partial charge in [0.1, 0.15) is 5.78 Å². The summed E-state index contributed by atoms with van der Waals surface area (Å²) in [6.45, 7) is 0.638. The number of nitrogens with two attached hydrogens (primary N) is 1. The van der Waals surface area contributed by atoms with Crippen molar-refractivity contribution in [1.29, 1.82) is 0 Å². The maximum absolute atomic E-state index is 12.1. The van der Waals surface area contributed by atoms with Crippen LogP contribution in [-0.2, 0) is 11.2 Å². The fourth-order valence-electron chi connectivity index (χ4n) is 2.56. The molecule has 86 valence electrons. The zero-order valence-corrected chi connectivity index (χ0v) is 9.43. The van der Waals surface area contributed by atoms with E-state index in [1.54, 1.807) is 6.20 Å². The number of carbonyl (C=O) groups is 1. The molecule has 0 aromatic carbocycles. The van der Waals surface area contributed by atoms with Gasteiger partial charge in [-0.3, -0.25) is 9.78 Å². The van der Waals surface area contributed by atoms with Crippen LogP contribution in [0.1, 0.15) is 25.0 Å². The van der Waals surface area contributed by atoms with E-state index in [9.17, 15) is 4.79 Å². The quantitative estimate of drug-likeness (QED) is 0.834. The molecule has 3 nitrogen and oxygen atoms in total. The summed E-state index contributed by atoms with van der Waals surface area (Å²) in [5.41, 5.74) is 6.56. The Kier molecular flexibility index (Phi) is 3.67. The molecule has 0 spiro atoms. The van der Waals surface area contributed by atoms with E-state index in [-0.39, 0.29) is 5.92 Å². The van der Waals surface area contributed by atoms with Gasteiger partial charge in [0, 0.05) is 24.2 Å². The molecule has 1 aliphatic carbocycles. The molecule has 0 bridgehead atoms. The molecule has 0 aliphatic heterocycles. The fourth-order valence-corrected chi connectivity index (χ4v) is 2.56. The van der Waals surface area contributed by atoms with Gasteiger partial charge in [-0.15, -0.1) is 0 Å². The lowest BCUT2D eigenvalue weighted by Gasteiger charge is -2.16. The molecule has 1 heterocycles. The van der Waals surface area contributed by atoms with E-state index >= 15 is 0 Å².